The molecule has 0 amide bonds. The summed E-state index contributed by atoms with van der Waals surface area (Å²) in [6, 6.07) is 6.41. The highest BCUT2D eigenvalue weighted by atomic mass is 32.1. The number of hydrogen-bond acceptors (Lipinski definition) is 7. The number of nitrogens with zero attached hydrogens (tertiary/aromatic N) is 6. The van der Waals surface area contributed by atoms with Gasteiger partial charge in [0.25, 0.3) is 0 Å². The highest BCUT2D eigenvalue weighted by molar-refractivity contribution is 7.17. The molecule has 0 spiro atoms. The zero-order valence-corrected chi connectivity index (χ0v) is 13.9. The van der Waals surface area contributed by atoms with E-state index >= 15 is 0 Å². The normalized spacial score (nSPS) is 11.6. The van der Waals surface area contributed by atoms with Crippen molar-refractivity contribution in [1.29, 1.82) is 0 Å². The fourth-order valence-corrected chi connectivity index (χ4v) is 3.93. The van der Waals surface area contributed by atoms with Crippen molar-refractivity contribution >= 4 is 32.9 Å². The molecule has 0 saturated heterocycles. The first-order valence-corrected chi connectivity index (χ1v) is 8.44. The lowest BCUT2D eigenvalue weighted by Crippen LogP contribution is -2.03. The molecule has 9 heteroatoms. The minimum absolute atomic E-state index is 0.436. The van der Waals surface area contributed by atoms with E-state index in [1.807, 2.05) is 0 Å². The monoisotopic (exact) mass is 348 g/mol. The van der Waals surface area contributed by atoms with Crippen LogP contribution in [-0.2, 0) is 0 Å². The van der Waals surface area contributed by atoms with Crippen molar-refractivity contribution in [2.75, 3.05) is 5.73 Å². The molecule has 0 atom stereocenters. The average Bonchev–Trinajstić information content (AvgIpc) is 3.34. The number of aromatic nitrogens is 7. The Labute approximate surface area is 145 Å². The summed E-state index contributed by atoms with van der Waals surface area (Å²) in [4.78, 5) is 4.56. The number of fused-ring (bicyclic) bond motifs is 2. The summed E-state index contributed by atoms with van der Waals surface area (Å²) in [5.74, 6) is 0.964. The molecular weight excluding hydrogens is 336 g/mol. The molecule has 0 aliphatic rings. The van der Waals surface area contributed by atoms with E-state index in [4.69, 9.17) is 5.73 Å². The number of benzene rings is 1. The Hall–Kier alpha value is -3.33. The van der Waals surface area contributed by atoms with Gasteiger partial charge in [-0.05, 0) is 40.6 Å². The first-order chi connectivity index (χ1) is 12.2. The lowest BCUT2D eigenvalue weighted by molar-refractivity contribution is 0.881. The Morgan fingerprint density at radius 2 is 2.08 bits per heavy atom. The number of H-pyrrole nitrogens is 1. The maximum absolute atomic E-state index is 6.43. The van der Waals surface area contributed by atoms with E-state index in [1.54, 1.807) is 28.2 Å². The van der Waals surface area contributed by atoms with E-state index in [2.05, 4.69) is 61.2 Å². The highest BCUT2D eigenvalue weighted by Gasteiger charge is 2.17. The number of thiophene rings is 1. The molecule has 1 aromatic carbocycles. The van der Waals surface area contributed by atoms with Crippen LogP contribution in [0, 0.1) is 6.92 Å². The minimum atomic E-state index is 0.436. The third kappa shape index (κ3) is 2.02. The van der Waals surface area contributed by atoms with E-state index in [9.17, 15) is 0 Å². The molecule has 0 bridgehead atoms. The molecule has 5 aromatic rings. The van der Waals surface area contributed by atoms with E-state index in [1.165, 1.54) is 15.6 Å². The quantitative estimate of drug-likeness (QED) is 0.507. The highest BCUT2D eigenvalue weighted by Crippen LogP contribution is 2.36. The lowest BCUT2D eigenvalue weighted by atomic mass is 10.0. The van der Waals surface area contributed by atoms with Crippen LogP contribution in [0.25, 0.3) is 38.2 Å². The fraction of sp³-hybridized carbons (Fsp3) is 0.0625. The standard InChI is InChI=1S/C16H12N8S/c1-8-4-9-2-3-25-13(9)10(5-8)11-6-18-16-12(15-20-22-23-21-15)7-19-24(16)14(11)17/h2-7H,17H2,1H3,(H,20,21,22,23). The maximum atomic E-state index is 6.43. The summed E-state index contributed by atoms with van der Waals surface area (Å²) in [5, 5.41) is 21.6. The van der Waals surface area contributed by atoms with Crippen LogP contribution >= 0.6 is 11.3 Å². The van der Waals surface area contributed by atoms with Gasteiger partial charge in [-0.1, -0.05) is 6.07 Å². The summed E-state index contributed by atoms with van der Waals surface area (Å²) < 4.78 is 2.80. The molecule has 0 fully saturated rings. The average molecular weight is 348 g/mol. The number of nitrogen functional groups attached to an aromatic ring is 1. The second-order valence-corrected chi connectivity index (χ2v) is 6.65. The van der Waals surface area contributed by atoms with E-state index < -0.39 is 0 Å². The minimum Gasteiger partial charge on any atom is -0.383 e. The molecular formula is C16H12N8S. The van der Waals surface area contributed by atoms with Gasteiger partial charge in [0, 0.05) is 22.0 Å². The van der Waals surface area contributed by atoms with Crippen LogP contribution in [0.3, 0.4) is 0 Å². The van der Waals surface area contributed by atoms with Crippen LogP contribution in [0.2, 0.25) is 0 Å². The van der Waals surface area contributed by atoms with Crippen LogP contribution in [0.5, 0.6) is 0 Å². The van der Waals surface area contributed by atoms with Gasteiger partial charge >= 0.3 is 0 Å². The molecule has 4 aromatic heterocycles. The number of tetrazole rings is 1. The van der Waals surface area contributed by atoms with E-state index in [0.717, 1.165) is 11.1 Å². The maximum Gasteiger partial charge on any atom is 0.210 e. The second kappa shape index (κ2) is 5.08. The van der Waals surface area contributed by atoms with E-state index in [-0.39, 0.29) is 0 Å². The van der Waals surface area contributed by atoms with Gasteiger partial charge in [0.2, 0.25) is 5.82 Å². The summed E-state index contributed by atoms with van der Waals surface area (Å²) in [7, 11) is 0. The molecule has 0 saturated carbocycles. The van der Waals surface area contributed by atoms with Gasteiger partial charge in [0.05, 0.1) is 11.8 Å². The van der Waals surface area contributed by atoms with Crippen molar-refractivity contribution in [3.63, 3.8) is 0 Å². The molecule has 0 aliphatic heterocycles. The molecule has 5 rings (SSSR count). The molecule has 4 heterocycles. The Morgan fingerprint density at radius 3 is 2.92 bits per heavy atom. The number of rotatable bonds is 2. The molecule has 0 aliphatic carbocycles. The van der Waals surface area contributed by atoms with Crippen LogP contribution in [0.15, 0.2) is 36.0 Å². The summed E-state index contributed by atoms with van der Waals surface area (Å²) >= 11 is 1.69. The number of aromatic amines is 1. The van der Waals surface area contributed by atoms with Gasteiger partial charge < -0.3 is 5.73 Å². The van der Waals surface area contributed by atoms with Crippen molar-refractivity contribution in [3.8, 4) is 22.5 Å². The predicted molar refractivity (Wildman–Crippen MR) is 96.1 cm³/mol. The van der Waals surface area contributed by atoms with Crippen LogP contribution in [-0.4, -0.2) is 35.2 Å². The molecule has 0 unspecified atom stereocenters. The number of hydrogen-bond donors (Lipinski definition) is 2. The predicted octanol–water partition coefficient (Wildman–Crippen LogP) is 2.68. The Bertz CT molecular complexity index is 1220. The smallest absolute Gasteiger partial charge is 0.210 e. The summed E-state index contributed by atoms with van der Waals surface area (Å²) in [6.07, 6.45) is 3.42. The lowest BCUT2D eigenvalue weighted by Gasteiger charge is -2.09. The van der Waals surface area contributed by atoms with Crippen molar-refractivity contribution in [3.05, 3.63) is 41.5 Å². The second-order valence-electron chi connectivity index (χ2n) is 5.74. The van der Waals surface area contributed by atoms with Crippen molar-refractivity contribution in [1.82, 2.24) is 35.2 Å². The third-order valence-corrected chi connectivity index (χ3v) is 5.10. The zero-order valence-electron chi connectivity index (χ0n) is 13.1. The van der Waals surface area contributed by atoms with Crippen molar-refractivity contribution in [2.45, 2.75) is 6.92 Å². The van der Waals surface area contributed by atoms with Crippen molar-refractivity contribution < 1.29 is 0 Å². The van der Waals surface area contributed by atoms with Gasteiger partial charge in [-0.25, -0.2) is 4.98 Å². The Balaban J connectivity index is 1.78. The largest absolute Gasteiger partial charge is 0.383 e. The van der Waals surface area contributed by atoms with Gasteiger partial charge in [-0.3, -0.25) is 0 Å². The third-order valence-electron chi connectivity index (χ3n) is 4.14. The first-order valence-electron chi connectivity index (χ1n) is 7.56. The first kappa shape index (κ1) is 14.1. The summed E-state index contributed by atoms with van der Waals surface area (Å²) in [6.45, 7) is 2.07. The Kier molecular flexibility index (Phi) is 2.86. The zero-order chi connectivity index (χ0) is 17.0. The molecule has 8 nitrogen and oxygen atoms in total. The SMILES string of the molecule is Cc1cc(-c2cnc3c(-c4nn[nH]n4)cnn3c2N)c2sccc2c1. The fourth-order valence-electron chi connectivity index (χ4n) is 3.02. The molecule has 122 valence electrons. The molecule has 25 heavy (non-hydrogen) atoms. The van der Waals surface area contributed by atoms with Crippen LogP contribution in [0.1, 0.15) is 5.56 Å². The number of anilines is 1. The van der Waals surface area contributed by atoms with Gasteiger partial charge in [0.1, 0.15) is 5.82 Å². The van der Waals surface area contributed by atoms with Crippen LogP contribution in [0.4, 0.5) is 5.82 Å². The summed E-state index contributed by atoms with van der Waals surface area (Å²) in [5.41, 5.74) is 10.8. The Morgan fingerprint density at radius 1 is 1.16 bits per heavy atom. The molecule has 0 radical (unpaired) electrons. The number of aryl methyl sites for hydroxylation is 1. The number of nitrogens with two attached hydrogens (primary N) is 1. The van der Waals surface area contributed by atoms with Gasteiger partial charge in [0.15, 0.2) is 5.65 Å². The number of nitrogens with one attached hydrogen (secondary N) is 1. The topological polar surface area (TPSA) is 111 Å². The van der Waals surface area contributed by atoms with Crippen LogP contribution < -0.4 is 5.73 Å². The van der Waals surface area contributed by atoms with Gasteiger partial charge in [-0.15, -0.1) is 21.5 Å². The molecule has 3 N–H and O–H groups in total. The van der Waals surface area contributed by atoms with Gasteiger partial charge in [-0.2, -0.15) is 14.8 Å². The van der Waals surface area contributed by atoms with E-state index in [0.29, 0.717) is 22.9 Å². The van der Waals surface area contributed by atoms with Crippen molar-refractivity contribution in [2.24, 2.45) is 0 Å².